The van der Waals surface area contributed by atoms with Crippen LogP contribution in [-0.4, -0.2) is 37.3 Å². The molecule has 0 radical (unpaired) electrons. The van der Waals surface area contributed by atoms with E-state index in [2.05, 4.69) is 0 Å². The molecule has 1 atom stereocenters. The fourth-order valence-electron chi connectivity index (χ4n) is 1.64. The predicted molar refractivity (Wildman–Crippen MR) is 66.7 cm³/mol. The van der Waals surface area contributed by atoms with Crippen LogP contribution in [0.4, 0.5) is 0 Å². The molecule has 3 nitrogen and oxygen atoms in total. The fourth-order valence-corrected chi connectivity index (χ4v) is 2.62. The minimum Gasteiger partial charge on any atom is -0.466 e. The molecule has 92 valence electrons. The quantitative estimate of drug-likeness (QED) is 0.408. The Labute approximate surface area is 102 Å². The molecule has 1 heterocycles. The standard InChI is InChI=1S/C12H20O3S/c1-3-10(12(13)14-2)6-8-16-9-11-5-4-7-15-11/h6,11H,3-5,7-9H2,1-2H3. The van der Waals surface area contributed by atoms with Gasteiger partial charge in [-0.05, 0) is 19.3 Å². The average molecular weight is 244 g/mol. The van der Waals surface area contributed by atoms with Gasteiger partial charge in [-0.15, -0.1) is 0 Å². The van der Waals surface area contributed by atoms with Crippen LogP contribution in [0.25, 0.3) is 0 Å². The first-order valence-electron chi connectivity index (χ1n) is 5.74. The zero-order valence-corrected chi connectivity index (χ0v) is 10.8. The van der Waals surface area contributed by atoms with Gasteiger partial charge < -0.3 is 9.47 Å². The average Bonchev–Trinajstić information content (AvgIpc) is 2.81. The van der Waals surface area contributed by atoms with Crippen molar-refractivity contribution in [3.8, 4) is 0 Å². The van der Waals surface area contributed by atoms with Gasteiger partial charge in [0.2, 0.25) is 0 Å². The van der Waals surface area contributed by atoms with E-state index in [0.29, 0.717) is 6.10 Å². The number of ether oxygens (including phenoxy) is 2. The third kappa shape index (κ3) is 4.58. The first-order valence-corrected chi connectivity index (χ1v) is 6.90. The molecule has 0 aromatic carbocycles. The molecule has 0 spiro atoms. The van der Waals surface area contributed by atoms with Crippen LogP contribution in [0.3, 0.4) is 0 Å². The minimum absolute atomic E-state index is 0.208. The lowest BCUT2D eigenvalue weighted by Gasteiger charge is -2.07. The third-order valence-corrected chi connectivity index (χ3v) is 3.61. The number of rotatable bonds is 6. The van der Waals surface area contributed by atoms with Gasteiger partial charge in [-0.1, -0.05) is 13.0 Å². The summed E-state index contributed by atoms with van der Waals surface area (Å²) >= 11 is 1.81. The number of esters is 1. The lowest BCUT2D eigenvalue weighted by molar-refractivity contribution is -0.136. The summed E-state index contributed by atoms with van der Waals surface area (Å²) in [5, 5.41) is 0. The number of carbonyl (C=O) groups is 1. The molecule has 1 aliphatic heterocycles. The van der Waals surface area contributed by atoms with Crippen molar-refractivity contribution in [2.45, 2.75) is 32.3 Å². The summed E-state index contributed by atoms with van der Waals surface area (Å²) in [4.78, 5) is 11.3. The molecule has 0 amide bonds. The molecule has 0 saturated carbocycles. The van der Waals surface area contributed by atoms with Crippen LogP contribution in [0.2, 0.25) is 0 Å². The molecule has 1 saturated heterocycles. The Hall–Kier alpha value is -0.480. The molecule has 0 aromatic rings. The molecule has 4 heteroatoms. The highest BCUT2D eigenvalue weighted by atomic mass is 32.2. The SMILES string of the molecule is CCC(=CCSCC1CCCO1)C(=O)OC. The highest BCUT2D eigenvalue weighted by Gasteiger charge is 2.14. The molecule has 0 N–H and O–H groups in total. The summed E-state index contributed by atoms with van der Waals surface area (Å²) < 4.78 is 10.2. The summed E-state index contributed by atoms with van der Waals surface area (Å²) in [5.74, 6) is 1.67. The Kier molecular flexibility index (Phi) is 6.57. The number of hydrogen-bond donors (Lipinski definition) is 0. The van der Waals surface area contributed by atoms with Gasteiger partial charge in [-0.3, -0.25) is 0 Å². The van der Waals surface area contributed by atoms with Crippen molar-refractivity contribution in [2.75, 3.05) is 25.2 Å². The highest BCUT2D eigenvalue weighted by molar-refractivity contribution is 7.99. The smallest absolute Gasteiger partial charge is 0.333 e. The molecular weight excluding hydrogens is 224 g/mol. The van der Waals surface area contributed by atoms with Crippen molar-refractivity contribution < 1.29 is 14.3 Å². The largest absolute Gasteiger partial charge is 0.466 e. The van der Waals surface area contributed by atoms with Crippen LogP contribution >= 0.6 is 11.8 Å². The molecule has 0 bridgehead atoms. The van der Waals surface area contributed by atoms with Crippen molar-refractivity contribution in [1.82, 2.24) is 0 Å². The molecule has 0 aromatic heterocycles. The Morgan fingerprint density at radius 2 is 2.44 bits per heavy atom. The van der Waals surface area contributed by atoms with Crippen molar-refractivity contribution in [3.05, 3.63) is 11.6 Å². The van der Waals surface area contributed by atoms with E-state index < -0.39 is 0 Å². The van der Waals surface area contributed by atoms with Gasteiger partial charge in [0.15, 0.2) is 0 Å². The van der Waals surface area contributed by atoms with E-state index in [1.807, 2.05) is 24.8 Å². The van der Waals surface area contributed by atoms with E-state index in [-0.39, 0.29) is 5.97 Å². The van der Waals surface area contributed by atoms with E-state index in [1.165, 1.54) is 20.0 Å². The second kappa shape index (κ2) is 7.74. The number of methoxy groups -OCH3 is 1. The maximum atomic E-state index is 11.3. The Balaban J connectivity index is 2.20. The normalized spacial score (nSPS) is 21.1. The van der Waals surface area contributed by atoms with Crippen LogP contribution in [0.15, 0.2) is 11.6 Å². The molecule has 1 unspecified atom stereocenters. The van der Waals surface area contributed by atoms with Crippen LogP contribution < -0.4 is 0 Å². The summed E-state index contributed by atoms with van der Waals surface area (Å²) in [6.45, 7) is 2.87. The summed E-state index contributed by atoms with van der Waals surface area (Å²) in [6.07, 6.45) is 5.47. The molecular formula is C12H20O3S. The second-order valence-electron chi connectivity index (χ2n) is 3.75. The Morgan fingerprint density at radius 1 is 1.62 bits per heavy atom. The molecule has 1 aliphatic rings. The van der Waals surface area contributed by atoms with Gasteiger partial charge in [-0.25, -0.2) is 4.79 Å². The first kappa shape index (κ1) is 13.6. The van der Waals surface area contributed by atoms with Crippen molar-refractivity contribution >= 4 is 17.7 Å². The van der Waals surface area contributed by atoms with E-state index in [1.54, 1.807) is 0 Å². The van der Waals surface area contributed by atoms with Gasteiger partial charge in [0.1, 0.15) is 0 Å². The topological polar surface area (TPSA) is 35.5 Å². The van der Waals surface area contributed by atoms with Gasteiger partial charge in [0, 0.05) is 23.7 Å². The number of thioether (sulfide) groups is 1. The molecule has 16 heavy (non-hydrogen) atoms. The van der Waals surface area contributed by atoms with Gasteiger partial charge >= 0.3 is 5.97 Å². The maximum Gasteiger partial charge on any atom is 0.333 e. The summed E-state index contributed by atoms with van der Waals surface area (Å²) in [6, 6.07) is 0. The summed E-state index contributed by atoms with van der Waals surface area (Å²) in [7, 11) is 1.42. The van der Waals surface area contributed by atoms with E-state index >= 15 is 0 Å². The van der Waals surface area contributed by atoms with Crippen molar-refractivity contribution in [3.63, 3.8) is 0 Å². The van der Waals surface area contributed by atoms with Crippen LogP contribution in [0, 0.1) is 0 Å². The zero-order chi connectivity index (χ0) is 11.8. The number of carbonyl (C=O) groups excluding carboxylic acids is 1. The fraction of sp³-hybridized carbons (Fsp3) is 0.750. The second-order valence-corrected chi connectivity index (χ2v) is 4.82. The third-order valence-electron chi connectivity index (χ3n) is 2.60. The van der Waals surface area contributed by atoms with E-state index in [0.717, 1.165) is 30.1 Å². The lowest BCUT2D eigenvalue weighted by Crippen LogP contribution is -2.08. The number of hydrogen-bond acceptors (Lipinski definition) is 4. The van der Waals surface area contributed by atoms with Gasteiger partial charge in [0.05, 0.1) is 13.2 Å². The van der Waals surface area contributed by atoms with Gasteiger partial charge in [-0.2, -0.15) is 11.8 Å². The predicted octanol–water partition coefficient (Wildman–Crippen LogP) is 2.41. The van der Waals surface area contributed by atoms with Crippen molar-refractivity contribution in [1.29, 1.82) is 0 Å². The minimum atomic E-state index is -0.208. The van der Waals surface area contributed by atoms with Crippen LogP contribution in [-0.2, 0) is 14.3 Å². The lowest BCUT2D eigenvalue weighted by atomic mass is 10.2. The molecule has 1 rings (SSSR count). The maximum absolute atomic E-state index is 11.3. The monoisotopic (exact) mass is 244 g/mol. The van der Waals surface area contributed by atoms with Crippen molar-refractivity contribution in [2.24, 2.45) is 0 Å². The van der Waals surface area contributed by atoms with Crippen LogP contribution in [0.5, 0.6) is 0 Å². The van der Waals surface area contributed by atoms with Crippen LogP contribution in [0.1, 0.15) is 26.2 Å². The first-order chi connectivity index (χ1) is 7.77. The zero-order valence-electron chi connectivity index (χ0n) is 10.0. The van der Waals surface area contributed by atoms with E-state index in [4.69, 9.17) is 9.47 Å². The Morgan fingerprint density at radius 3 is 3.00 bits per heavy atom. The molecule has 1 fully saturated rings. The van der Waals surface area contributed by atoms with Gasteiger partial charge in [0.25, 0.3) is 0 Å². The Bertz CT molecular complexity index is 245. The molecule has 0 aliphatic carbocycles. The summed E-state index contributed by atoms with van der Waals surface area (Å²) in [5.41, 5.74) is 0.766. The van der Waals surface area contributed by atoms with E-state index in [9.17, 15) is 4.79 Å². The highest BCUT2D eigenvalue weighted by Crippen LogP contribution is 2.17.